The lowest BCUT2D eigenvalue weighted by atomic mass is 9.85. The highest BCUT2D eigenvalue weighted by molar-refractivity contribution is 7.98. The van der Waals surface area contributed by atoms with Crippen molar-refractivity contribution in [3.05, 3.63) is 68.9 Å². The summed E-state index contributed by atoms with van der Waals surface area (Å²) in [6.45, 7) is 0. The van der Waals surface area contributed by atoms with E-state index in [4.69, 9.17) is 19.3 Å². The molecule has 0 saturated carbocycles. The molecule has 1 N–H and O–H groups in total. The fourth-order valence-corrected chi connectivity index (χ4v) is 5.47. The summed E-state index contributed by atoms with van der Waals surface area (Å²) >= 11 is 1.40. The van der Waals surface area contributed by atoms with Gasteiger partial charge in [-0.3, -0.25) is 14.9 Å². The zero-order chi connectivity index (χ0) is 26.1. The van der Waals surface area contributed by atoms with Crippen molar-refractivity contribution in [2.45, 2.75) is 36.2 Å². The monoisotopic (exact) mass is 523 g/mol. The van der Waals surface area contributed by atoms with Gasteiger partial charge in [-0.1, -0.05) is 23.9 Å². The van der Waals surface area contributed by atoms with E-state index in [2.05, 4.69) is 10.3 Å². The number of ether oxygens (including phenoxy) is 3. The number of thioether (sulfide) groups is 1. The van der Waals surface area contributed by atoms with E-state index in [9.17, 15) is 14.9 Å². The van der Waals surface area contributed by atoms with Crippen LogP contribution in [0, 0.1) is 10.1 Å². The molecule has 0 spiro atoms. The number of benzene rings is 2. The standard InChI is InChI=1S/C25H25N5O6S/c1-34-19-12-11-16(22(35-2)23(19)36-3)21-20-17(5-4-6-18(20)31)26-24-27-25(28-29(21)24)37-13-14-7-9-15(10-8-14)30(32)33/h7-12,21H,4-6,13H2,1-3H3,(H,26,27,28). The van der Waals surface area contributed by atoms with Gasteiger partial charge >= 0.3 is 0 Å². The van der Waals surface area contributed by atoms with E-state index < -0.39 is 11.0 Å². The number of nitro benzene ring substituents is 1. The van der Waals surface area contributed by atoms with Gasteiger partial charge in [0.15, 0.2) is 17.3 Å². The van der Waals surface area contributed by atoms with E-state index in [0.717, 1.165) is 24.1 Å². The average molecular weight is 524 g/mol. The summed E-state index contributed by atoms with van der Waals surface area (Å²) in [5.74, 6) is 2.51. The van der Waals surface area contributed by atoms with Crippen molar-refractivity contribution in [2.24, 2.45) is 0 Å². The van der Waals surface area contributed by atoms with E-state index in [1.165, 1.54) is 31.0 Å². The summed E-state index contributed by atoms with van der Waals surface area (Å²) in [5, 5.41) is 19.5. The zero-order valence-electron chi connectivity index (χ0n) is 20.5. The lowest BCUT2D eigenvalue weighted by molar-refractivity contribution is -0.384. The number of methoxy groups -OCH3 is 3. The number of hydrogen-bond acceptors (Lipinski definition) is 10. The van der Waals surface area contributed by atoms with E-state index in [1.807, 2.05) is 6.07 Å². The van der Waals surface area contributed by atoms with Gasteiger partial charge in [0, 0.05) is 41.1 Å². The number of nitrogens with zero attached hydrogens (tertiary/aromatic N) is 4. The van der Waals surface area contributed by atoms with Crippen molar-refractivity contribution in [1.82, 2.24) is 14.8 Å². The van der Waals surface area contributed by atoms with Crippen LogP contribution in [0.4, 0.5) is 11.6 Å². The van der Waals surface area contributed by atoms with Crippen molar-refractivity contribution >= 4 is 29.2 Å². The van der Waals surface area contributed by atoms with Gasteiger partial charge in [0.25, 0.3) is 5.69 Å². The number of aromatic nitrogens is 3. The Balaban J connectivity index is 1.54. The van der Waals surface area contributed by atoms with Crippen molar-refractivity contribution in [2.75, 3.05) is 26.6 Å². The Kier molecular flexibility index (Phi) is 6.74. The van der Waals surface area contributed by atoms with E-state index in [-0.39, 0.29) is 11.5 Å². The van der Waals surface area contributed by atoms with E-state index >= 15 is 0 Å². The Hall–Kier alpha value is -4.06. The van der Waals surface area contributed by atoms with Gasteiger partial charge < -0.3 is 19.5 Å². The first kappa shape index (κ1) is 24.6. The van der Waals surface area contributed by atoms with Gasteiger partial charge in [0.1, 0.15) is 6.04 Å². The lowest BCUT2D eigenvalue weighted by Crippen LogP contribution is -2.31. The molecule has 1 aliphatic carbocycles. The van der Waals surface area contributed by atoms with Gasteiger partial charge in [-0.25, -0.2) is 4.68 Å². The van der Waals surface area contributed by atoms with Gasteiger partial charge in [0.2, 0.25) is 16.9 Å². The van der Waals surface area contributed by atoms with Crippen LogP contribution in [0.1, 0.15) is 36.4 Å². The number of rotatable bonds is 8. The average Bonchev–Trinajstić information content (AvgIpc) is 3.32. The molecule has 2 heterocycles. The number of anilines is 1. The normalized spacial score (nSPS) is 16.5. The number of nitro groups is 1. The van der Waals surface area contributed by atoms with Crippen LogP contribution in [0.15, 0.2) is 52.8 Å². The molecule has 5 rings (SSSR count). The minimum Gasteiger partial charge on any atom is -0.493 e. The number of hydrogen-bond donors (Lipinski definition) is 1. The van der Waals surface area contributed by atoms with Gasteiger partial charge in [-0.05, 0) is 30.5 Å². The quantitative estimate of drug-likeness (QED) is 0.255. The number of nitrogens with one attached hydrogen (secondary N) is 1. The third-order valence-corrected chi connectivity index (χ3v) is 7.30. The Labute approximate surface area is 217 Å². The Bertz CT molecular complexity index is 1400. The van der Waals surface area contributed by atoms with Crippen LogP contribution in [0.25, 0.3) is 0 Å². The minimum absolute atomic E-state index is 0.0431. The molecule has 3 aromatic rings. The fraction of sp³-hybridized carbons (Fsp3) is 0.320. The third-order valence-electron chi connectivity index (χ3n) is 6.39. The number of ketones is 1. The molecule has 0 amide bonds. The Morgan fingerprint density at radius 1 is 1.08 bits per heavy atom. The van der Waals surface area contributed by atoms with Crippen LogP contribution in [0.3, 0.4) is 0 Å². The molecular formula is C25H25N5O6S. The van der Waals surface area contributed by atoms with Gasteiger partial charge in [-0.2, -0.15) is 4.98 Å². The number of carbonyl (C=O) groups is 1. The second-order valence-corrected chi connectivity index (χ2v) is 9.44. The van der Waals surface area contributed by atoms with Gasteiger partial charge in [-0.15, -0.1) is 5.10 Å². The molecule has 1 atom stereocenters. The van der Waals surface area contributed by atoms with Crippen molar-refractivity contribution in [1.29, 1.82) is 0 Å². The van der Waals surface area contributed by atoms with Crippen molar-refractivity contribution in [3.63, 3.8) is 0 Å². The molecule has 0 radical (unpaired) electrons. The first-order chi connectivity index (χ1) is 17.9. The van der Waals surface area contributed by atoms with Gasteiger partial charge in [0.05, 0.1) is 26.3 Å². The maximum atomic E-state index is 13.2. The molecule has 2 aliphatic rings. The highest BCUT2D eigenvalue weighted by Crippen LogP contribution is 2.48. The molecule has 192 valence electrons. The summed E-state index contributed by atoms with van der Waals surface area (Å²) < 4.78 is 18.5. The molecule has 11 nitrogen and oxygen atoms in total. The molecule has 0 bridgehead atoms. The molecule has 37 heavy (non-hydrogen) atoms. The predicted octanol–water partition coefficient (Wildman–Crippen LogP) is 4.53. The van der Waals surface area contributed by atoms with Crippen LogP contribution in [-0.2, 0) is 10.5 Å². The molecule has 12 heteroatoms. The summed E-state index contributed by atoms with van der Waals surface area (Å²) in [7, 11) is 4.64. The molecule has 2 aromatic carbocycles. The van der Waals surface area contributed by atoms with E-state index in [1.54, 1.807) is 37.1 Å². The summed E-state index contributed by atoms with van der Waals surface area (Å²) in [6, 6.07) is 9.48. The Morgan fingerprint density at radius 3 is 2.51 bits per heavy atom. The second-order valence-electron chi connectivity index (χ2n) is 8.49. The zero-order valence-corrected chi connectivity index (χ0v) is 21.3. The Morgan fingerprint density at radius 2 is 1.84 bits per heavy atom. The van der Waals surface area contributed by atoms with Crippen molar-refractivity contribution in [3.8, 4) is 17.2 Å². The van der Waals surface area contributed by atoms with Crippen LogP contribution < -0.4 is 19.5 Å². The summed E-state index contributed by atoms with van der Waals surface area (Å²) in [6.07, 6.45) is 1.94. The van der Waals surface area contributed by atoms with Crippen LogP contribution in [0.2, 0.25) is 0 Å². The summed E-state index contributed by atoms with van der Waals surface area (Å²) in [4.78, 5) is 28.4. The molecule has 0 saturated heterocycles. The highest BCUT2D eigenvalue weighted by Gasteiger charge is 2.39. The number of Topliss-reactive ketones (excluding diaryl/α,β-unsaturated/α-hetero) is 1. The summed E-state index contributed by atoms with van der Waals surface area (Å²) in [5.41, 5.74) is 3.14. The van der Waals surface area contributed by atoms with Crippen LogP contribution in [-0.4, -0.2) is 46.8 Å². The number of non-ortho nitro benzene ring substituents is 1. The second kappa shape index (κ2) is 10.1. The maximum Gasteiger partial charge on any atom is 0.269 e. The molecule has 1 unspecified atom stereocenters. The topological polar surface area (TPSA) is 131 Å². The van der Waals surface area contributed by atoms with E-state index in [0.29, 0.717) is 51.7 Å². The lowest BCUT2D eigenvalue weighted by Gasteiger charge is -2.33. The number of fused-ring (bicyclic) bond motifs is 1. The molecule has 1 aliphatic heterocycles. The first-order valence-corrected chi connectivity index (χ1v) is 12.6. The smallest absolute Gasteiger partial charge is 0.269 e. The van der Waals surface area contributed by atoms with Crippen LogP contribution in [0.5, 0.6) is 17.2 Å². The molecule has 0 fully saturated rings. The number of carbonyl (C=O) groups excluding carboxylic acids is 1. The maximum absolute atomic E-state index is 13.2. The van der Waals surface area contributed by atoms with Crippen LogP contribution >= 0.6 is 11.8 Å². The fourth-order valence-electron chi connectivity index (χ4n) is 4.69. The SMILES string of the molecule is COc1ccc(C2C3=C(CCCC3=O)Nc3nc(SCc4ccc([N+](=O)[O-])cc4)nn32)c(OC)c1OC. The molecule has 1 aromatic heterocycles. The first-order valence-electron chi connectivity index (χ1n) is 11.6. The molecular weight excluding hydrogens is 498 g/mol. The predicted molar refractivity (Wildman–Crippen MR) is 136 cm³/mol. The number of allylic oxidation sites excluding steroid dienone is 2. The highest BCUT2D eigenvalue weighted by atomic mass is 32.2. The van der Waals surface area contributed by atoms with Crippen molar-refractivity contribution < 1.29 is 23.9 Å². The minimum atomic E-state index is -0.560. The third kappa shape index (κ3) is 4.48. The largest absolute Gasteiger partial charge is 0.493 e.